The van der Waals surface area contributed by atoms with E-state index in [0.29, 0.717) is 12.8 Å². The summed E-state index contributed by atoms with van der Waals surface area (Å²) in [4.78, 5) is 25.4. The molecule has 1 saturated carbocycles. The quantitative estimate of drug-likeness (QED) is 0.906. The number of nitrogens with one attached hydrogen (secondary N) is 1. The molecule has 1 aromatic rings. The van der Waals surface area contributed by atoms with E-state index in [1.54, 1.807) is 0 Å². The predicted molar refractivity (Wildman–Crippen MR) is 75.7 cm³/mol. The number of hydrogen-bond acceptors (Lipinski definition) is 2. The molecule has 1 saturated heterocycles. The molecule has 1 N–H and O–H groups in total. The van der Waals surface area contributed by atoms with E-state index >= 15 is 0 Å². The predicted octanol–water partition coefficient (Wildman–Crippen LogP) is 2.12. The van der Waals surface area contributed by atoms with Crippen molar-refractivity contribution in [1.82, 2.24) is 10.2 Å². The third-order valence-electron chi connectivity index (χ3n) is 4.19. The minimum absolute atomic E-state index is 0.00377. The van der Waals surface area contributed by atoms with Crippen LogP contribution in [0.5, 0.6) is 0 Å². The topological polar surface area (TPSA) is 49.4 Å². The fourth-order valence-corrected chi connectivity index (χ4v) is 2.81. The van der Waals surface area contributed by atoms with Crippen LogP contribution in [0.2, 0.25) is 0 Å². The van der Waals surface area contributed by atoms with Gasteiger partial charge in [-0.15, -0.1) is 0 Å². The SMILES string of the molecule is O=C(CC1CCC(=O)N1Cc1cccc(F)c1F)NC1CC1. The number of benzene rings is 1. The van der Waals surface area contributed by atoms with E-state index < -0.39 is 11.6 Å². The summed E-state index contributed by atoms with van der Waals surface area (Å²) in [7, 11) is 0. The van der Waals surface area contributed by atoms with Gasteiger partial charge >= 0.3 is 0 Å². The Labute approximate surface area is 127 Å². The molecule has 1 heterocycles. The molecule has 6 heteroatoms. The van der Waals surface area contributed by atoms with Crippen molar-refractivity contribution in [1.29, 1.82) is 0 Å². The summed E-state index contributed by atoms with van der Waals surface area (Å²) >= 11 is 0. The van der Waals surface area contributed by atoms with Gasteiger partial charge < -0.3 is 10.2 Å². The van der Waals surface area contributed by atoms with Gasteiger partial charge in [0, 0.05) is 37.0 Å². The molecule has 1 unspecified atom stereocenters. The summed E-state index contributed by atoms with van der Waals surface area (Å²) in [6.07, 6.45) is 3.16. The van der Waals surface area contributed by atoms with Gasteiger partial charge in [0.1, 0.15) is 0 Å². The van der Waals surface area contributed by atoms with Crippen molar-refractivity contribution >= 4 is 11.8 Å². The number of hydrogen-bond donors (Lipinski definition) is 1. The van der Waals surface area contributed by atoms with Crippen LogP contribution in [0.4, 0.5) is 8.78 Å². The first-order chi connectivity index (χ1) is 10.5. The van der Waals surface area contributed by atoms with E-state index in [2.05, 4.69) is 5.32 Å². The highest BCUT2D eigenvalue weighted by molar-refractivity contribution is 5.82. The molecular formula is C16H18F2N2O2. The maximum atomic E-state index is 13.8. The summed E-state index contributed by atoms with van der Waals surface area (Å²) in [5.74, 6) is -2.05. The van der Waals surface area contributed by atoms with Crippen molar-refractivity contribution in [3.05, 3.63) is 35.4 Å². The van der Waals surface area contributed by atoms with Gasteiger partial charge in [-0.2, -0.15) is 0 Å². The van der Waals surface area contributed by atoms with Gasteiger partial charge in [-0.3, -0.25) is 9.59 Å². The van der Waals surface area contributed by atoms with Crippen LogP contribution in [0.25, 0.3) is 0 Å². The minimum atomic E-state index is -0.927. The van der Waals surface area contributed by atoms with Crippen molar-refractivity contribution in [2.45, 2.75) is 50.7 Å². The number of likely N-dealkylation sites (tertiary alicyclic amines) is 1. The Balaban J connectivity index is 1.67. The van der Waals surface area contributed by atoms with Gasteiger partial charge in [-0.25, -0.2) is 8.78 Å². The molecule has 1 aliphatic heterocycles. The smallest absolute Gasteiger partial charge is 0.223 e. The largest absolute Gasteiger partial charge is 0.353 e. The first-order valence-electron chi connectivity index (χ1n) is 7.56. The average molecular weight is 308 g/mol. The van der Waals surface area contributed by atoms with Gasteiger partial charge in [0.25, 0.3) is 0 Å². The third kappa shape index (κ3) is 3.26. The molecule has 1 atom stereocenters. The van der Waals surface area contributed by atoms with Crippen LogP contribution in [-0.2, 0) is 16.1 Å². The van der Waals surface area contributed by atoms with Crippen molar-refractivity contribution in [3.8, 4) is 0 Å². The summed E-state index contributed by atoms with van der Waals surface area (Å²) in [5.41, 5.74) is 0.142. The van der Waals surface area contributed by atoms with Gasteiger partial charge in [-0.1, -0.05) is 12.1 Å². The molecule has 4 nitrogen and oxygen atoms in total. The fraction of sp³-hybridized carbons (Fsp3) is 0.500. The summed E-state index contributed by atoms with van der Waals surface area (Å²) < 4.78 is 27.0. The van der Waals surface area contributed by atoms with Gasteiger partial charge in [0.05, 0.1) is 0 Å². The molecule has 1 aliphatic carbocycles. The number of nitrogens with zero attached hydrogens (tertiary/aromatic N) is 1. The van der Waals surface area contributed by atoms with E-state index in [1.165, 1.54) is 17.0 Å². The molecule has 3 rings (SSSR count). The molecule has 0 spiro atoms. The van der Waals surface area contributed by atoms with Crippen LogP contribution in [0.15, 0.2) is 18.2 Å². The maximum Gasteiger partial charge on any atom is 0.223 e. The Morgan fingerprint density at radius 3 is 2.77 bits per heavy atom. The van der Waals surface area contributed by atoms with E-state index in [1.807, 2.05) is 0 Å². The second-order valence-electron chi connectivity index (χ2n) is 5.97. The molecule has 2 amide bonds. The zero-order valence-corrected chi connectivity index (χ0v) is 12.1. The Kier molecular flexibility index (Phi) is 4.09. The standard InChI is InChI=1S/C16H18F2N2O2/c17-13-3-1-2-10(16(13)18)9-20-12(6-7-15(20)22)8-14(21)19-11-4-5-11/h1-3,11-12H,4-9H2,(H,19,21). The zero-order valence-electron chi connectivity index (χ0n) is 12.1. The van der Waals surface area contributed by atoms with Crippen molar-refractivity contribution in [2.75, 3.05) is 0 Å². The normalized spacial score (nSPS) is 21.3. The first-order valence-corrected chi connectivity index (χ1v) is 7.56. The average Bonchev–Trinajstić information content (AvgIpc) is 3.22. The van der Waals surface area contributed by atoms with Gasteiger partial charge in [0.15, 0.2) is 11.6 Å². The van der Waals surface area contributed by atoms with Crippen LogP contribution in [0, 0.1) is 11.6 Å². The Bertz CT molecular complexity index is 602. The van der Waals surface area contributed by atoms with E-state index in [9.17, 15) is 18.4 Å². The monoisotopic (exact) mass is 308 g/mol. The van der Waals surface area contributed by atoms with Crippen molar-refractivity contribution in [3.63, 3.8) is 0 Å². The van der Waals surface area contributed by atoms with Crippen molar-refractivity contribution < 1.29 is 18.4 Å². The fourth-order valence-electron chi connectivity index (χ4n) is 2.81. The van der Waals surface area contributed by atoms with Crippen LogP contribution in [-0.4, -0.2) is 28.8 Å². The zero-order chi connectivity index (χ0) is 15.7. The van der Waals surface area contributed by atoms with Crippen LogP contribution < -0.4 is 5.32 Å². The molecule has 2 aliphatic rings. The molecule has 2 fully saturated rings. The maximum absolute atomic E-state index is 13.8. The van der Waals surface area contributed by atoms with E-state index in [4.69, 9.17) is 0 Å². The summed E-state index contributed by atoms with van der Waals surface area (Å²) in [6.45, 7) is 0.00377. The van der Waals surface area contributed by atoms with Crippen LogP contribution in [0.1, 0.15) is 37.7 Å². The highest BCUT2D eigenvalue weighted by Gasteiger charge is 2.34. The Morgan fingerprint density at radius 1 is 1.27 bits per heavy atom. The second kappa shape index (κ2) is 6.02. The number of carbonyl (C=O) groups is 2. The van der Waals surface area contributed by atoms with Crippen LogP contribution in [0.3, 0.4) is 0 Å². The first kappa shape index (κ1) is 14.9. The molecule has 1 aromatic carbocycles. The number of halogens is 2. The molecular weight excluding hydrogens is 290 g/mol. The van der Waals surface area contributed by atoms with E-state index in [0.717, 1.165) is 18.9 Å². The second-order valence-corrected chi connectivity index (χ2v) is 5.97. The molecule has 22 heavy (non-hydrogen) atoms. The molecule has 0 bridgehead atoms. The van der Waals surface area contributed by atoms with Crippen LogP contribution >= 0.6 is 0 Å². The number of carbonyl (C=O) groups excluding carboxylic acids is 2. The molecule has 118 valence electrons. The highest BCUT2D eigenvalue weighted by Crippen LogP contribution is 2.26. The third-order valence-corrected chi connectivity index (χ3v) is 4.19. The molecule has 0 radical (unpaired) electrons. The lowest BCUT2D eigenvalue weighted by molar-refractivity contribution is -0.130. The summed E-state index contributed by atoms with van der Waals surface area (Å²) in [6, 6.07) is 3.97. The Hall–Kier alpha value is -1.98. The number of rotatable bonds is 5. The number of amides is 2. The van der Waals surface area contributed by atoms with E-state index in [-0.39, 0.29) is 42.4 Å². The minimum Gasteiger partial charge on any atom is -0.353 e. The van der Waals surface area contributed by atoms with Crippen molar-refractivity contribution in [2.24, 2.45) is 0 Å². The lowest BCUT2D eigenvalue weighted by Gasteiger charge is -2.25. The van der Waals surface area contributed by atoms with Gasteiger partial charge in [0.2, 0.25) is 11.8 Å². The highest BCUT2D eigenvalue weighted by atomic mass is 19.2. The van der Waals surface area contributed by atoms with Gasteiger partial charge in [-0.05, 0) is 25.3 Å². The Morgan fingerprint density at radius 2 is 2.05 bits per heavy atom. The summed E-state index contributed by atoms with van der Waals surface area (Å²) in [5, 5.41) is 2.89. The lowest BCUT2D eigenvalue weighted by atomic mass is 10.1. The molecule has 0 aromatic heterocycles. The lowest BCUT2D eigenvalue weighted by Crippen LogP contribution is -2.37.